The van der Waals surface area contributed by atoms with Gasteiger partial charge in [0.05, 0.1) is 0 Å². The van der Waals surface area contributed by atoms with Gasteiger partial charge in [-0.25, -0.2) is 8.42 Å². The van der Waals surface area contributed by atoms with Crippen LogP contribution in [0.25, 0.3) is 0 Å². The van der Waals surface area contributed by atoms with Crippen LogP contribution < -0.4 is 5.73 Å². The van der Waals surface area contributed by atoms with E-state index >= 15 is 0 Å². The molecule has 2 aliphatic rings. The predicted molar refractivity (Wildman–Crippen MR) is 84.8 cm³/mol. The summed E-state index contributed by atoms with van der Waals surface area (Å²) in [5, 5.41) is 1.83. The molecule has 1 aliphatic heterocycles. The van der Waals surface area contributed by atoms with Crippen molar-refractivity contribution in [2.24, 2.45) is 5.73 Å². The normalized spacial score (nSPS) is 22.9. The molecule has 0 bridgehead atoms. The number of thiophene rings is 1. The molecule has 1 saturated heterocycles. The number of nitrogens with two attached hydrogens (primary N) is 1. The molecule has 0 aromatic carbocycles. The Morgan fingerprint density at radius 2 is 1.86 bits per heavy atom. The van der Waals surface area contributed by atoms with Crippen molar-refractivity contribution in [1.82, 2.24) is 9.21 Å². The minimum atomic E-state index is -3.33. The second-order valence-electron chi connectivity index (χ2n) is 5.86. The number of hydrogen-bond donors (Lipinski definition) is 1. The monoisotopic (exact) mass is 329 g/mol. The Morgan fingerprint density at radius 1 is 1.19 bits per heavy atom. The second-order valence-corrected chi connectivity index (χ2v) is 8.93. The number of hydrogen-bond acceptors (Lipinski definition) is 5. The zero-order chi connectivity index (χ0) is 14.9. The molecule has 7 heteroatoms. The number of piperazine rings is 1. The summed E-state index contributed by atoms with van der Waals surface area (Å²) < 4.78 is 27.3. The molecule has 2 fully saturated rings. The van der Waals surface area contributed by atoms with Gasteiger partial charge in [0.1, 0.15) is 4.21 Å². The summed E-state index contributed by atoms with van der Waals surface area (Å²) in [7, 11) is -3.33. The highest BCUT2D eigenvalue weighted by atomic mass is 32.2. The lowest BCUT2D eigenvalue weighted by Gasteiger charge is -2.37. The Morgan fingerprint density at radius 3 is 2.43 bits per heavy atom. The molecule has 1 saturated carbocycles. The third-order valence-corrected chi connectivity index (χ3v) is 7.94. The van der Waals surface area contributed by atoms with Crippen LogP contribution in [-0.2, 0) is 16.6 Å². The van der Waals surface area contributed by atoms with Gasteiger partial charge >= 0.3 is 0 Å². The Balaban J connectivity index is 1.65. The molecule has 2 heterocycles. The first-order valence-corrected chi connectivity index (χ1v) is 9.95. The van der Waals surface area contributed by atoms with Gasteiger partial charge in [-0.1, -0.05) is 12.8 Å². The molecule has 5 nitrogen and oxygen atoms in total. The van der Waals surface area contributed by atoms with Crippen LogP contribution in [0.5, 0.6) is 0 Å². The van der Waals surface area contributed by atoms with Crippen molar-refractivity contribution in [2.75, 3.05) is 26.2 Å². The molecule has 1 aromatic heterocycles. The van der Waals surface area contributed by atoms with Gasteiger partial charge in [-0.15, -0.1) is 11.3 Å². The van der Waals surface area contributed by atoms with Gasteiger partial charge in [-0.3, -0.25) is 4.90 Å². The van der Waals surface area contributed by atoms with Gasteiger partial charge in [0.15, 0.2) is 0 Å². The van der Waals surface area contributed by atoms with Gasteiger partial charge in [-0.2, -0.15) is 4.31 Å². The topological polar surface area (TPSA) is 66.6 Å². The maximum absolute atomic E-state index is 12.6. The lowest BCUT2D eigenvalue weighted by atomic mass is 10.2. The SMILES string of the molecule is NCc1csc(S(=O)(=O)N2CCN(C3CCCC3)CC2)c1. The van der Waals surface area contributed by atoms with Crippen molar-refractivity contribution in [3.63, 3.8) is 0 Å². The third-order valence-electron chi connectivity index (χ3n) is 4.57. The highest BCUT2D eigenvalue weighted by molar-refractivity contribution is 7.91. The summed E-state index contributed by atoms with van der Waals surface area (Å²) in [6.07, 6.45) is 5.19. The molecular formula is C14H23N3O2S2. The van der Waals surface area contributed by atoms with E-state index in [9.17, 15) is 8.42 Å². The van der Waals surface area contributed by atoms with Crippen LogP contribution in [0.2, 0.25) is 0 Å². The van der Waals surface area contributed by atoms with Crippen LogP contribution >= 0.6 is 11.3 Å². The maximum Gasteiger partial charge on any atom is 0.252 e. The summed E-state index contributed by atoms with van der Waals surface area (Å²) in [5.74, 6) is 0. The zero-order valence-corrected chi connectivity index (χ0v) is 13.8. The van der Waals surface area contributed by atoms with Gasteiger partial charge in [0, 0.05) is 38.8 Å². The summed E-state index contributed by atoms with van der Waals surface area (Å²) in [6.45, 7) is 3.32. The molecule has 0 radical (unpaired) electrons. The molecule has 2 N–H and O–H groups in total. The number of sulfonamides is 1. The van der Waals surface area contributed by atoms with Crippen LogP contribution in [0, 0.1) is 0 Å². The standard InChI is InChI=1S/C14H23N3O2S2/c15-10-12-9-14(20-11-12)21(18,19)17-7-5-16(6-8-17)13-3-1-2-4-13/h9,11,13H,1-8,10,15H2. The highest BCUT2D eigenvalue weighted by Crippen LogP contribution is 2.27. The predicted octanol–water partition coefficient (Wildman–Crippen LogP) is 1.46. The van der Waals surface area contributed by atoms with Crippen LogP contribution in [0.3, 0.4) is 0 Å². The molecule has 1 aliphatic carbocycles. The average molecular weight is 329 g/mol. The molecule has 0 unspecified atom stereocenters. The largest absolute Gasteiger partial charge is 0.326 e. The lowest BCUT2D eigenvalue weighted by Crippen LogP contribution is -2.51. The van der Waals surface area contributed by atoms with E-state index in [1.54, 1.807) is 10.4 Å². The smallest absolute Gasteiger partial charge is 0.252 e. The summed E-state index contributed by atoms with van der Waals surface area (Å²) in [5.41, 5.74) is 6.46. The van der Waals surface area contributed by atoms with Gasteiger partial charge < -0.3 is 5.73 Å². The van der Waals surface area contributed by atoms with Crippen LogP contribution in [0.15, 0.2) is 15.7 Å². The van der Waals surface area contributed by atoms with E-state index in [1.165, 1.54) is 37.0 Å². The minimum Gasteiger partial charge on any atom is -0.326 e. The fourth-order valence-electron chi connectivity index (χ4n) is 3.30. The summed E-state index contributed by atoms with van der Waals surface area (Å²) in [6, 6.07) is 2.39. The molecule has 1 aromatic rings. The van der Waals surface area contributed by atoms with Crippen molar-refractivity contribution in [1.29, 1.82) is 0 Å². The lowest BCUT2D eigenvalue weighted by molar-refractivity contribution is 0.139. The van der Waals surface area contributed by atoms with E-state index in [1.807, 2.05) is 5.38 Å². The van der Waals surface area contributed by atoms with E-state index in [4.69, 9.17) is 5.73 Å². The van der Waals surface area contributed by atoms with Crippen LogP contribution in [-0.4, -0.2) is 49.8 Å². The second kappa shape index (κ2) is 6.34. The van der Waals surface area contributed by atoms with Crippen molar-refractivity contribution < 1.29 is 8.42 Å². The Hall–Kier alpha value is -0.470. The fourth-order valence-corrected chi connectivity index (χ4v) is 6.10. The fraction of sp³-hybridized carbons (Fsp3) is 0.714. The Bertz CT molecular complexity index is 571. The number of rotatable bonds is 4. The van der Waals surface area contributed by atoms with Crippen molar-refractivity contribution in [3.05, 3.63) is 17.0 Å². The average Bonchev–Trinajstić information content (AvgIpc) is 3.19. The molecule has 3 rings (SSSR count). The van der Waals surface area contributed by atoms with Gasteiger partial charge in [0.2, 0.25) is 0 Å². The van der Waals surface area contributed by atoms with E-state index in [0.29, 0.717) is 29.9 Å². The first-order valence-electron chi connectivity index (χ1n) is 7.63. The maximum atomic E-state index is 12.6. The third kappa shape index (κ3) is 3.17. The van der Waals surface area contributed by atoms with E-state index in [2.05, 4.69) is 4.90 Å². The Labute approximate surface area is 130 Å². The van der Waals surface area contributed by atoms with E-state index in [0.717, 1.165) is 18.7 Å². The molecular weight excluding hydrogens is 306 g/mol. The first-order chi connectivity index (χ1) is 10.1. The molecule has 0 amide bonds. The highest BCUT2D eigenvalue weighted by Gasteiger charge is 2.32. The molecule has 21 heavy (non-hydrogen) atoms. The zero-order valence-electron chi connectivity index (χ0n) is 12.2. The van der Waals surface area contributed by atoms with Crippen LogP contribution in [0.1, 0.15) is 31.2 Å². The van der Waals surface area contributed by atoms with E-state index in [-0.39, 0.29) is 0 Å². The van der Waals surface area contributed by atoms with Crippen molar-refractivity contribution >= 4 is 21.4 Å². The van der Waals surface area contributed by atoms with Gasteiger partial charge in [0.25, 0.3) is 10.0 Å². The molecule has 0 atom stereocenters. The summed E-state index contributed by atoms with van der Waals surface area (Å²) >= 11 is 1.28. The van der Waals surface area contributed by atoms with Gasteiger partial charge in [-0.05, 0) is 29.9 Å². The first kappa shape index (κ1) is 15.4. The molecule has 118 valence electrons. The van der Waals surface area contributed by atoms with Crippen molar-refractivity contribution in [3.8, 4) is 0 Å². The Kier molecular flexibility index (Phi) is 4.66. The summed E-state index contributed by atoms with van der Waals surface area (Å²) in [4.78, 5) is 2.47. The quantitative estimate of drug-likeness (QED) is 0.908. The van der Waals surface area contributed by atoms with Crippen LogP contribution in [0.4, 0.5) is 0 Å². The van der Waals surface area contributed by atoms with E-state index < -0.39 is 10.0 Å². The van der Waals surface area contributed by atoms with Crippen molar-refractivity contribution in [2.45, 2.75) is 42.5 Å². The molecule has 0 spiro atoms. The number of nitrogens with zero attached hydrogens (tertiary/aromatic N) is 2. The minimum absolute atomic E-state index is 0.390.